The maximum atomic E-state index is 12.0. The monoisotopic (exact) mass is 255 g/mol. The minimum atomic E-state index is 0.223. The molecule has 0 saturated carbocycles. The van der Waals surface area contributed by atoms with Crippen molar-refractivity contribution in [3.05, 3.63) is 0 Å². The first kappa shape index (κ1) is 15.5. The molecule has 1 aliphatic rings. The van der Waals surface area contributed by atoms with E-state index in [0.717, 1.165) is 32.4 Å². The summed E-state index contributed by atoms with van der Waals surface area (Å²) in [4.78, 5) is 13.9. The Morgan fingerprint density at radius 1 is 1.22 bits per heavy atom. The van der Waals surface area contributed by atoms with Crippen LogP contribution in [0, 0.1) is 5.92 Å². The summed E-state index contributed by atoms with van der Waals surface area (Å²) in [5, 5.41) is 9.15. The van der Waals surface area contributed by atoms with E-state index in [1.807, 2.05) is 4.90 Å². The molecule has 1 N–H and O–H groups in total. The highest BCUT2D eigenvalue weighted by molar-refractivity contribution is 5.76. The minimum Gasteiger partial charge on any atom is -0.396 e. The number of aliphatic hydroxyl groups is 1. The Morgan fingerprint density at radius 2 is 1.94 bits per heavy atom. The zero-order valence-corrected chi connectivity index (χ0v) is 11.9. The number of piperidine rings is 1. The molecule has 106 valence electrons. The first-order valence-electron chi connectivity index (χ1n) is 7.66. The van der Waals surface area contributed by atoms with Gasteiger partial charge in [0.25, 0.3) is 0 Å². The van der Waals surface area contributed by atoms with E-state index in [4.69, 9.17) is 5.11 Å². The molecule has 0 aliphatic carbocycles. The molecular formula is C15H29NO2. The summed E-state index contributed by atoms with van der Waals surface area (Å²) >= 11 is 0. The van der Waals surface area contributed by atoms with Crippen LogP contribution in [-0.4, -0.2) is 35.6 Å². The van der Waals surface area contributed by atoms with Crippen molar-refractivity contribution in [1.82, 2.24) is 4.90 Å². The highest BCUT2D eigenvalue weighted by atomic mass is 16.3. The van der Waals surface area contributed by atoms with Crippen molar-refractivity contribution in [2.45, 2.75) is 64.7 Å². The van der Waals surface area contributed by atoms with Gasteiger partial charge in [-0.05, 0) is 25.2 Å². The van der Waals surface area contributed by atoms with Gasteiger partial charge in [-0.3, -0.25) is 4.79 Å². The highest BCUT2D eigenvalue weighted by Crippen LogP contribution is 2.17. The van der Waals surface area contributed by atoms with E-state index < -0.39 is 0 Å². The molecule has 18 heavy (non-hydrogen) atoms. The van der Waals surface area contributed by atoms with Gasteiger partial charge in [0.2, 0.25) is 5.91 Å². The van der Waals surface area contributed by atoms with Crippen molar-refractivity contribution in [1.29, 1.82) is 0 Å². The van der Waals surface area contributed by atoms with Gasteiger partial charge in [0.05, 0.1) is 0 Å². The van der Waals surface area contributed by atoms with Gasteiger partial charge in [0.15, 0.2) is 0 Å². The first-order chi connectivity index (χ1) is 8.77. The molecule has 0 aromatic carbocycles. The Bertz CT molecular complexity index is 231. The Labute approximate surface area is 112 Å². The molecule has 0 aromatic heterocycles. The fraction of sp³-hybridized carbons (Fsp3) is 0.933. The molecule has 0 aromatic rings. The van der Waals surface area contributed by atoms with Gasteiger partial charge >= 0.3 is 0 Å². The Morgan fingerprint density at radius 3 is 2.67 bits per heavy atom. The van der Waals surface area contributed by atoms with Crippen molar-refractivity contribution in [2.75, 3.05) is 19.7 Å². The molecule has 1 saturated heterocycles. The average Bonchev–Trinajstić information content (AvgIpc) is 2.42. The van der Waals surface area contributed by atoms with E-state index in [1.165, 1.54) is 32.1 Å². The third-order valence-corrected chi connectivity index (χ3v) is 3.87. The lowest BCUT2D eigenvalue weighted by molar-refractivity contribution is -0.133. The standard InChI is InChI=1S/C15H29NO2/c1-2-3-4-5-6-7-10-15(18)16-11-8-9-14(12-16)13-17/h14,17H,2-13H2,1H3. The molecule has 0 radical (unpaired) electrons. The molecule has 3 heteroatoms. The second-order valence-electron chi connectivity index (χ2n) is 5.55. The lowest BCUT2D eigenvalue weighted by Gasteiger charge is -2.32. The van der Waals surface area contributed by atoms with Crippen LogP contribution < -0.4 is 0 Å². The summed E-state index contributed by atoms with van der Waals surface area (Å²) in [6.07, 6.45) is 10.2. The van der Waals surface area contributed by atoms with Crippen molar-refractivity contribution in [2.24, 2.45) is 5.92 Å². The Hall–Kier alpha value is -0.570. The molecule has 1 fully saturated rings. The molecule has 1 amide bonds. The van der Waals surface area contributed by atoms with Crippen molar-refractivity contribution >= 4 is 5.91 Å². The predicted octanol–water partition coefficient (Wildman–Crippen LogP) is 2.97. The molecule has 0 bridgehead atoms. The molecule has 1 unspecified atom stereocenters. The van der Waals surface area contributed by atoms with Crippen LogP contribution in [0.4, 0.5) is 0 Å². The lowest BCUT2D eigenvalue weighted by Crippen LogP contribution is -2.40. The van der Waals surface area contributed by atoms with Crippen LogP contribution in [-0.2, 0) is 4.79 Å². The molecule has 1 rings (SSSR count). The summed E-state index contributed by atoms with van der Waals surface area (Å²) in [5.74, 6) is 0.607. The molecule has 1 aliphatic heterocycles. The summed E-state index contributed by atoms with van der Waals surface area (Å²) in [6, 6.07) is 0. The van der Waals surface area contributed by atoms with E-state index in [0.29, 0.717) is 18.2 Å². The number of amides is 1. The normalized spacial score (nSPS) is 20.1. The quantitative estimate of drug-likeness (QED) is 0.677. The molecule has 0 spiro atoms. The second kappa shape index (κ2) is 9.37. The number of hydrogen-bond acceptors (Lipinski definition) is 2. The van der Waals surface area contributed by atoms with Gasteiger partial charge < -0.3 is 10.0 Å². The largest absolute Gasteiger partial charge is 0.396 e. The Kier molecular flexibility index (Phi) is 8.06. The number of carbonyl (C=O) groups is 1. The van der Waals surface area contributed by atoms with E-state index >= 15 is 0 Å². The highest BCUT2D eigenvalue weighted by Gasteiger charge is 2.22. The second-order valence-corrected chi connectivity index (χ2v) is 5.55. The van der Waals surface area contributed by atoms with E-state index in [-0.39, 0.29) is 6.61 Å². The van der Waals surface area contributed by atoms with Crippen molar-refractivity contribution < 1.29 is 9.90 Å². The fourth-order valence-corrected chi connectivity index (χ4v) is 2.66. The van der Waals surface area contributed by atoms with E-state index in [2.05, 4.69) is 6.92 Å². The van der Waals surface area contributed by atoms with E-state index in [9.17, 15) is 4.79 Å². The number of rotatable bonds is 8. The summed E-state index contributed by atoms with van der Waals surface area (Å²) in [5.41, 5.74) is 0. The summed E-state index contributed by atoms with van der Waals surface area (Å²) in [7, 11) is 0. The minimum absolute atomic E-state index is 0.223. The van der Waals surface area contributed by atoms with Gasteiger partial charge in [-0.25, -0.2) is 0 Å². The van der Waals surface area contributed by atoms with Gasteiger partial charge in [0, 0.05) is 26.1 Å². The van der Waals surface area contributed by atoms with Crippen LogP contribution in [0.15, 0.2) is 0 Å². The number of nitrogens with zero attached hydrogens (tertiary/aromatic N) is 1. The fourth-order valence-electron chi connectivity index (χ4n) is 2.66. The summed E-state index contributed by atoms with van der Waals surface area (Å²) in [6.45, 7) is 4.11. The third kappa shape index (κ3) is 5.85. The zero-order valence-electron chi connectivity index (χ0n) is 11.9. The van der Waals surface area contributed by atoms with Gasteiger partial charge in [-0.1, -0.05) is 39.0 Å². The number of likely N-dealkylation sites (tertiary alicyclic amines) is 1. The first-order valence-corrected chi connectivity index (χ1v) is 7.66. The number of aliphatic hydroxyl groups excluding tert-OH is 1. The average molecular weight is 255 g/mol. The molecule has 1 atom stereocenters. The number of unbranched alkanes of at least 4 members (excludes halogenated alkanes) is 5. The van der Waals surface area contributed by atoms with Crippen molar-refractivity contribution in [3.63, 3.8) is 0 Å². The lowest BCUT2D eigenvalue weighted by atomic mass is 9.98. The maximum absolute atomic E-state index is 12.0. The topological polar surface area (TPSA) is 40.5 Å². The Balaban J connectivity index is 2.08. The van der Waals surface area contributed by atoms with Crippen LogP contribution in [0.1, 0.15) is 64.7 Å². The maximum Gasteiger partial charge on any atom is 0.222 e. The smallest absolute Gasteiger partial charge is 0.222 e. The van der Waals surface area contributed by atoms with Crippen LogP contribution in [0.5, 0.6) is 0 Å². The predicted molar refractivity (Wildman–Crippen MR) is 74.4 cm³/mol. The van der Waals surface area contributed by atoms with E-state index in [1.54, 1.807) is 0 Å². The molecule has 1 heterocycles. The van der Waals surface area contributed by atoms with Crippen LogP contribution in [0.3, 0.4) is 0 Å². The summed E-state index contributed by atoms with van der Waals surface area (Å²) < 4.78 is 0. The van der Waals surface area contributed by atoms with Crippen LogP contribution in [0.25, 0.3) is 0 Å². The van der Waals surface area contributed by atoms with Crippen molar-refractivity contribution in [3.8, 4) is 0 Å². The number of hydrogen-bond donors (Lipinski definition) is 1. The van der Waals surface area contributed by atoms with Gasteiger partial charge in [-0.15, -0.1) is 0 Å². The van der Waals surface area contributed by atoms with Crippen LogP contribution in [0.2, 0.25) is 0 Å². The molecular weight excluding hydrogens is 226 g/mol. The number of carbonyl (C=O) groups excluding carboxylic acids is 1. The van der Waals surface area contributed by atoms with Gasteiger partial charge in [0.1, 0.15) is 0 Å². The zero-order chi connectivity index (χ0) is 13.2. The van der Waals surface area contributed by atoms with Gasteiger partial charge in [-0.2, -0.15) is 0 Å². The third-order valence-electron chi connectivity index (χ3n) is 3.87. The SMILES string of the molecule is CCCCCCCCC(=O)N1CCCC(CO)C1. The van der Waals surface area contributed by atoms with Crippen LogP contribution >= 0.6 is 0 Å². The molecule has 3 nitrogen and oxygen atoms in total.